The van der Waals surface area contributed by atoms with Crippen molar-refractivity contribution in [3.63, 3.8) is 0 Å². The van der Waals surface area contributed by atoms with Crippen molar-refractivity contribution in [3.05, 3.63) is 21.4 Å². The van der Waals surface area contributed by atoms with E-state index >= 15 is 0 Å². The molecule has 0 radical (unpaired) electrons. The van der Waals surface area contributed by atoms with Crippen LogP contribution < -0.4 is 0 Å². The molecule has 4 nitrogen and oxygen atoms in total. The van der Waals surface area contributed by atoms with Crippen molar-refractivity contribution >= 4 is 23.2 Å². The van der Waals surface area contributed by atoms with Gasteiger partial charge in [-0.2, -0.15) is 0 Å². The molecule has 0 aliphatic heterocycles. The Hall–Kier alpha value is -1.36. The number of carboxylic acid groups (broad SMARTS) is 1. The van der Waals surface area contributed by atoms with Gasteiger partial charge in [0, 0.05) is 11.4 Å². The fourth-order valence-electron chi connectivity index (χ4n) is 2.35. The predicted molar refractivity (Wildman–Crippen MR) is 86.1 cm³/mol. The number of carbonyl (C=O) groups is 2. The second kappa shape index (κ2) is 7.07. The minimum absolute atomic E-state index is 0.188. The molecule has 1 heterocycles. The number of aryl methyl sites for hydroxylation is 2. The van der Waals surface area contributed by atoms with E-state index in [-0.39, 0.29) is 5.91 Å². The zero-order valence-electron chi connectivity index (χ0n) is 13.5. The first-order valence-corrected chi connectivity index (χ1v) is 8.28. The fourth-order valence-corrected chi connectivity index (χ4v) is 3.66. The molecule has 0 spiro atoms. The summed E-state index contributed by atoms with van der Waals surface area (Å²) in [6, 6.07) is 1.93. The first-order valence-electron chi connectivity index (χ1n) is 7.46. The Morgan fingerprint density at radius 1 is 1.29 bits per heavy atom. The number of rotatable bonds is 7. The molecule has 0 unspecified atom stereocenters. The predicted octanol–water partition coefficient (Wildman–Crippen LogP) is 3.59. The first kappa shape index (κ1) is 17.7. The molecule has 0 fully saturated rings. The van der Waals surface area contributed by atoms with Gasteiger partial charge < -0.3 is 10.0 Å². The lowest BCUT2D eigenvalue weighted by Gasteiger charge is -2.33. The lowest BCUT2D eigenvalue weighted by Crippen LogP contribution is -2.52. The van der Waals surface area contributed by atoms with E-state index in [1.165, 1.54) is 26.7 Å². The molecule has 1 N–H and O–H groups in total. The van der Waals surface area contributed by atoms with Gasteiger partial charge in [-0.1, -0.05) is 20.3 Å². The van der Waals surface area contributed by atoms with Crippen molar-refractivity contribution in [1.29, 1.82) is 0 Å². The van der Waals surface area contributed by atoms with Crippen LogP contribution in [0.1, 0.15) is 61.2 Å². The van der Waals surface area contributed by atoms with Crippen molar-refractivity contribution in [2.24, 2.45) is 0 Å². The minimum atomic E-state index is -1.20. The lowest BCUT2D eigenvalue weighted by atomic mass is 10.0. The molecule has 1 aromatic rings. The first-order chi connectivity index (χ1) is 9.79. The summed E-state index contributed by atoms with van der Waals surface area (Å²) in [7, 11) is 0. The molecule has 0 saturated heterocycles. The van der Waals surface area contributed by atoms with Crippen LogP contribution in [0.15, 0.2) is 6.07 Å². The number of likely N-dealkylation sites (N-methyl/N-ethyl adjacent to an activating group) is 1. The van der Waals surface area contributed by atoms with Gasteiger partial charge in [0.2, 0.25) is 0 Å². The quantitative estimate of drug-likeness (QED) is 0.837. The van der Waals surface area contributed by atoms with Gasteiger partial charge >= 0.3 is 5.97 Å². The van der Waals surface area contributed by atoms with Crippen LogP contribution >= 0.6 is 11.3 Å². The SMILES string of the molecule is CCCc1sc(C(=O)N(CC)C(C)(C)C(=O)O)cc1CC. The van der Waals surface area contributed by atoms with E-state index in [2.05, 4.69) is 13.8 Å². The molecule has 21 heavy (non-hydrogen) atoms. The number of hydrogen-bond acceptors (Lipinski definition) is 3. The Morgan fingerprint density at radius 3 is 2.33 bits per heavy atom. The number of hydrogen-bond donors (Lipinski definition) is 1. The maximum absolute atomic E-state index is 12.7. The van der Waals surface area contributed by atoms with E-state index < -0.39 is 11.5 Å². The molecule has 0 aromatic carbocycles. The zero-order valence-corrected chi connectivity index (χ0v) is 14.3. The largest absolute Gasteiger partial charge is 0.480 e. The standard InChI is InChI=1S/C16H25NO3S/c1-6-9-12-11(7-2)10-13(21-12)14(18)17(8-3)16(4,5)15(19)20/h10H,6-9H2,1-5H3,(H,19,20). The molecular formula is C16H25NO3S. The Bertz CT molecular complexity index is 520. The van der Waals surface area contributed by atoms with Crippen molar-refractivity contribution < 1.29 is 14.7 Å². The van der Waals surface area contributed by atoms with Crippen LogP contribution in [-0.2, 0) is 17.6 Å². The van der Waals surface area contributed by atoms with E-state index in [1.807, 2.05) is 13.0 Å². The number of aliphatic carboxylic acids is 1. The Morgan fingerprint density at radius 2 is 1.90 bits per heavy atom. The molecule has 0 aliphatic carbocycles. The number of thiophene rings is 1. The minimum Gasteiger partial charge on any atom is -0.480 e. The van der Waals surface area contributed by atoms with E-state index in [0.29, 0.717) is 11.4 Å². The number of amides is 1. The molecule has 1 aromatic heterocycles. The summed E-state index contributed by atoms with van der Waals surface area (Å²) in [5.41, 5.74) is 0.00186. The zero-order chi connectivity index (χ0) is 16.2. The average molecular weight is 311 g/mol. The normalized spacial score (nSPS) is 11.5. The van der Waals surface area contributed by atoms with Crippen LogP contribution in [0, 0.1) is 0 Å². The van der Waals surface area contributed by atoms with Crippen molar-refractivity contribution in [3.8, 4) is 0 Å². The maximum atomic E-state index is 12.7. The third kappa shape index (κ3) is 3.64. The highest BCUT2D eigenvalue weighted by molar-refractivity contribution is 7.14. The molecule has 1 amide bonds. The summed E-state index contributed by atoms with van der Waals surface area (Å²) in [5, 5.41) is 9.34. The van der Waals surface area contributed by atoms with Gasteiger partial charge in [0.15, 0.2) is 0 Å². The number of nitrogens with zero attached hydrogens (tertiary/aromatic N) is 1. The second-order valence-corrected chi connectivity index (χ2v) is 6.71. The summed E-state index contributed by atoms with van der Waals surface area (Å²) >= 11 is 1.50. The maximum Gasteiger partial charge on any atom is 0.329 e. The van der Waals surface area contributed by atoms with Crippen LogP contribution in [0.5, 0.6) is 0 Å². The van der Waals surface area contributed by atoms with Gasteiger partial charge in [0.1, 0.15) is 5.54 Å². The second-order valence-electron chi connectivity index (χ2n) is 5.58. The molecule has 1 rings (SSSR count). The summed E-state index contributed by atoms with van der Waals surface area (Å²) in [4.78, 5) is 27.4. The van der Waals surface area contributed by atoms with E-state index in [9.17, 15) is 14.7 Å². The van der Waals surface area contributed by atoms with Gasteiger partial charge in [-0.25, -0.2) is 4.79 Å². The summed E-state index contributed by atoms with van der Waals surface area (Å²) in [6.07, 6.45) is 2.91. The molecular weight excluding hydrogens is 286 g/mol. The summed E-state index contributed by atoms with van der Waals surface area (Å²) < 4.78 is 0. The molecule has 0 saturated carbocycles. The monoisotopic (exact) mass is 311 g/mol. The van der Waals surface area contributed by atoms with Gasteiger partial charge in [-0.3, -0.25) is 4.79 Å². The fraction of sp³-hybridized carbons (Fsp3) is 0.625. The van der Waals surface area contributed by atoms with Crippen molar-refractivity contribution in [2.75, 3.05) is 6.54 Å². The van der Waals surface area contributed by atoms with Gasteiger partial charge in [-0.05, 0) is 45.2 Å². The highest BCUT2D eigenvalue weighted by Crippen LogP contribution is 2.28. The van der Waals surface area contributed by atoms with Gasteiger partial charge in [0.25, 0.3) is 5.91 Å². The highest BCUT2D eigenvalue weighted by atomic mass is 32.1. The van der Waals surface area contributed by atoms with Crippen molar-refractivity contribution in [2.45, 2.75) is 59.4 Å². The summed E-state index contributed by atoms with van der Waals surface area (Å²) in [5.74, 6) is -1.18. The average Bonchev–Trinajstić information content (AvgIpc) is 2.82. The van der Waals surface area contributed by atoms with Crippen molar-refractivity contribution in [1.82, 2.24) is 4.90 Å². The lowest BCUT2D eigenvalue weighted by molar-refractivity contribution is -0.147. The van der Waals surface area contributed by atoms with Crippen LogP contribution in [0.2, 0.25) is 0 Å². The molecule has 0 aliphatic rings. The third-order valence-corrected chi connectivity index (χ3v) is 4.95. The number of carboxylic acids is 1. The molecule has 118 valence electrons. The van der Waals surface area contributed by atoms with E-state index in [4.69, 9.17) is 0 Å². The van der Waals surface area contributed by atoms with Crippen LogP contribution in [0.4, 0.5) is 0 Å². The Balaban J connectivity index is 3.14. The van der Waals surface area contributed by atoms with Gasteiger partial charge in [0.05, 0.1) is 4.88 Å². The Labute approximate surface area is 130 Å². The number of carbonyl (C=O) groups excluding carboxylic acids is 1. The molecule has 0 atom stereocenters. The highest BCUT2D eigenvalue weighted by Gasteiger charge is 2.37. The third-order valence-electron chi connectivity index (χ3n) is 3.72. The molecule has 5 heteroatoms. The molecule has 0 bridgehead atoms. The van der Waals surface area contributed by atoms with Crippen LogP contribution in [0.25, 0.3) is 0 Å². The summed E-state index contributed by atoms with van der Waals surface area (Å²) in [6.45, 7) is 9.52. The topological polar surface area (TPSA) is 57.6 Å². The smallest absolute Gasteiger partial charge is 0.329 e. The Kier molecular flexibility index (Phi) is 5.96. The van der Waals surface area contributed by atoms with Gasteiger partial charge in [-0.15, -0.1) is 11.3 Å². The van der Waals surface area contributed by atoms with E-state index in [1.54, 1.807) is 13.8 Å². The van der Waals surface area contributed by atoms with Crippen LogP contribution in [-0.4, -0.2) is 34.0 Å². The van der Waals surface area contributed by atoms with E-state index in [0.717, 1.165) is 19.3 Å². The van der Waals surface area contributed by atoms with Crippen LogP contribution in [0.3, 0.4) is 0 Å².